The molecule has 2 heterocycles. The van der Waals surface area contributed by atoms with Gasteiger partial charge in [0.05, 0.1) is 11.7 Å². The maximum absolute atomic E-state index is 13.2. The zero-order chi connectivity index (χ0) is 21.3. The summed E-state index contributed by atoms with van der Waals surface area (Å²) in [7, 11) is 0. The number of anilines is 2. The van der Waals surface area contributed by atoms with Crippen LogP contribution in [0.4, 0.5) is 11.4 Å². The second-order valence-electron chi connectivity index (χ2n) is 7.62. The Hall–Kier alpha value is -3.41. The maximum atomic E-state index is 13.2. The largest absolute Gasteiger partial charge is 0.351 e. The highest BCUT2D eigenvalue weighted by Crippen LogP contribution is 2.42. The molecule has 3 aromatic rings. The monoisotopic (exact) mass is 403 g/mol. The molecule has 0 saturated heterocycles. The van der Waals surface area contributed by atoms with Gasteiger partial charge in [0, 0.05) is 29.9 Å². The first kappa shape index (κ1) is 19.9. The van der Waals surface area contributed by atoms with E-state index in [9.17, 15) is 9.59 Å². The average molecular weight is 403 g/mol. The van der Waals surface area contributed by atoms with E-state index in [2.05, 4.69) is 5.16 Å². The lowest BCUT2D eigenvalue weighted by Crippen LogP contribution is -2.47. The second-order valence-corrected chi connectivity index (χ2v) is 7.62. The number of aromatic nitrogens is 1. The van der Waals surface area contributed by atoms with Crippen LogP contribution in [-0.2, 0) is 4.79 Å². The standard InChI is InChI=1S/C24H25N3O3/c1-4-23(28)27(18-10-6-5-7-11-18)21-15-17(3)26(20-13-9-8-12-19(20)21)24(29)22-14-16(2)25-30-22/h5-14,17,21H,4,15H2,1-3H3. The number of amides is 2. The number of rotatable bonds is 4. The molecule has 30 heavy (non-hydrogen) atoms. The molecule has 0 spiro atoms. The Kier molecular flexibility index (Phi) is 5.40. The predicted molar refractivity (Wildman–Crippen MR) is 116 cm³/mol. The van der Waals surface area contributed by atoms with Gasteiger partial charge in [-0.05, 0) is 44.0 Å². The van der Waals surface area contributed by atoms with E-state index in [1.54, 1.807) is 17.9 Å². The summed E-state index contributed by atoms with van der Waals surface area (Å²) >= 11 is 0. The topological polar surface area (TPSA) is 66.7 Å². The van der Waals surface area contributed by atoms with Crippen LogP contribution < -0.4 is 9.80 Å². The van der Waals surface area contributed by atoms with Crippen LogP contribution in [0.3, 0.4) is 0 Å². The summed E-state index contributed by atoms with van der Waals surface area (Å²) in [5, 5.41) is 3.86. The van der Waals surface area contributed by atoms with Crippen molar-refractivity contribution in [2.24, 2.45) is 0 Å². The van der Waals surface area contributed by atoms with Crippen LogP contribution in [0.25, 0.3) is 0 Å². The van der Waals surface area contributed by atoms with Gasteiger partial charge in [-0.1, -0.05) is 48.5 Å². The van der Waals surface area contributed by atoms with Gasteiger partial charge >= 0.3 is 0 Å². The van der Waals surface area contributed by atoms with E-state index in [1.165, 1.54) is 0 Å². The van der Waals surface area contributed by atoms with E-state index in [0.29, 0.717) is 18.5 Å². The number of hydrogen-bond acceptors (Lipinski definition) is 4. The van der Waals surface area contributed by atoms with Crippen LogP contribution in [0.2, 0.25) is 0 Å². The SMILES string of the molecule is CCC(=O)N(c1ccccc1)C1CC(C)N(C(=O)c2cc(C)no2)c2ccccc21. The fraction of sp³-hybridized carbons (Fsp3) is 0.292. The molecule has 0 radical (unpaired) electrons. The molecule has 0 N–H and O–H groups in total. The van der Waals surface area contributed by atoms with Gasteiger partial charge in [-0.3, -0.25) is 9.59 Å². The maximum Gasteiger partial charge on any atom is 0.297 e. The van der Waals surface area contributed by atoms with E-state index in [0.717, 1.165) is 16.9 Å². The van der Waals surface area contributed by atoms with Crippen molar-refractivity contribution in [1.29, 1.82) is 0 Å². The van der Waals surface area contributed by atoms with Crippen LogP contribution in [0.1, 0.15) is 54.5 Å². The Bertz CT molecular complexity index is 1060. The minimum Gasteiger partial charge on any atom is -0.351 e. The van der Waals surface area contributed by atoms with Crippen LogP contribution in [0.15, 0.2) is 65.2 Å². The Morgan fingerprint density at radius 2 is 1.83 bits per heavy atom. The molecule has 1 aliphatic rings. The normalized spacial score (nSPS) is 18.0. The van der Waals surface area contributed by atoms with Crippen molar-refractivity contribution in [2.75, 3.05) is 9.80 Å². The number of aryl methyl sites for hydroxylation is 1. The number of para-hydroxylation sites is 2. The van der Waals surface area contributed by atoms with Gasteiger partial charge in [0.15, 0.2) is 0 Å². The summed E-state index contributed by atoms with van der Waals surface area (Å²) in [6, 6.07) is 18.9. The molecule has 2 amide bonds. The van der Waals surface area contributed by atoms with Gasteiger partial charge in [0.1, 0.15) is 0 Å². The van der Waals surface area contributed by atoms with Crippen molar-refractivity contribution in [3.05, 3.63) is 77.7 Å². The first-order valence-corrected chi connectivity index (χ1v) is 10.2. The molecule has 0 saturated carbocycles. The van der Waals surface area contributed by atoms with Crippen molar-refractivity contribution in [2.45, 2.75) is 45.7 Å². The smallest absolute Gasteiger partial charge is 0.297 e. The second kappa shape index (κ2) is 8.14. The van der Waals surface area contributed by atoms with Gasteiger partial charge in [0.25, 0.3) is 5.91 Å². The van der Waals surface area contributed by atoms with Gasteiger partial charge in [0.2, 0.25) is 11.7 Å². The molecule has 6 nitrogen and oxygen atoms in total. The van der Waals surface area contributed by atoms with Crippen molar-refractivity contribution in [3.8, 4) is 0 Å². The van der Waals surface area contributed by atoms with Crippen molar-refractivity contribution in [1.82, 2.24) is 5.16 Å². The highest BCUT2D eigenvalue weighted by molar-refractivity contribution is 6.06. The summed E-state index contributed by atoms with van der Waals surface area (Å²) in [5.41, 5.74) is 3.27. The fourth-order valence-electron chi connectivity index (χ4n) is 4.18. The molecule has 2 aromatic carbocycles. The van der Waals surface area contributed by atoms with Crippen molar-refractivity contribution < 1.29 is 14.1 Å². The summed E-state index contributed by atoms with van der Waals surface area (Å²) in [6.45, 7) is 5.67. The van der Waals surface area contributed by atoms with Crippen LogP contribution in [0, 0.1) is 6.92 Å². The highest BCUT2D eigenvalue weighted by atomic mass is 16.5. The predicted octanol–water partition coefficient (Wildman–Crippen LogP) is 4.91. The zero-order valence-electron chi connectivity index (χ0n) is 17.4. The number of fused-ring (bicyclic) bond motifs is 1. The first-order chi connectivity index (χ1) is 14.5. The molecular weight excluding hydrogens is 378 g/mol. The highest BCUT2D eigenvalue weighted by Gasteiger charge is 2.39. The molecule has 2 unspecified atom stereocenters. The minimum atomic E-state index is -0.220. The number of benzene rings is 2. The summed E-state index contributed by atoms with van der Waals surface area (Å²) in [4.78, 5) is 29.9. The van der Waals surface area contributed by atoms with E-state index >= 15 is 0 Å². The first-order valence-electron chi connectivity index (χ1n) is 10.2. The lowest BCUT2D eigenvalue weighted by atomic mass is 9.89. The third kappa shape index (κ3) is 3.49. The van der Waals surface area contributed by atoms with Crippen molar-refractivity contribution >= 4 is 23.2 Å². The van der Waals surface area contributed by atoms with Gasteiger partial charge in [-0.2, -0.15) is 0 Å². The number of hydrogen-bond donors (Lipinski definition) is 0. The molecule has 0 aliphatic carbocycles. The summed E-state index contributed by atoms with van der Waals surface area (Å²) in [5.74, 6) is 0.0538. The van der Waals surface area contributed by atoms with Crippen LogP contribution in [-0.4, -0.2) is 23.0 Å². The van der Waals surface area contributed by atoms with E-state index in [-0.39, 0.29) is 29.7 Å². The molecule has 4 rings (SSSR count). The molecule has 2 atom stereocenters. The van der Waals surface area contributed by atoms with Crippen LogP contribution >= 0.6 is 0 Å². The quantitative estimate of drug-likeness (QED) is 0.621. The molecule has 1 aromatic heterocycles. The summed E-state index contributed by atoms with van der Waals surface area (Å²) < 4.78 is 5.24. The van der Waals surface area contributed by atoms with E-state index < -0.39 is 0 Å². The average Bonchev–Trinajstić information content (AvgIpc) is 3.20. The molecule has 6 heteroatoms. The van der Waals surface area contributed by atoms with Crippen LogP contribution in [0.5, 0.6) is 0 Å². The zero-order valence-corrected chi connectivity index (χ0v) is 17.4. The van der Waals surface area contributed by atoms with Gasteiger partial charge < -0.3 is 14.3 Å². The molecule has 154 valence electrons. The summed E-state index contributed by atoms with van der Waals surface area (Å²) in [6.07, 6.45) is 1.03. The minimum absolute atomic E-state index is 0.0545. The van der Waals surface area contributed by atoms with E-state index in [1.807, 2.05) is 73.3 Å². The molecule has 0 bridgehead atoms. The molecule has 1 aliphatic heterocycles. The fourth-order valence-corrected chi connectivity index (χ4v) is 4.18. The third-order valence-corrected chi connectivity index (χ3v) is 5.54. The molecule has 0 fully saturated rings. The Labute approximate surface area is 176 Å². The van der Waals surface area contributed by atoms with Crippen molar-refractivity contribution in [3.63, 3.8) is 0 Å². The van der Waals surface area contributed by atoms with Gasteiger partial charge in [-0.25, -0.2) is 0 Å². The third-order valence-electron chi connectivity index (χ3n) is 5.54. The number of carbonyl (C=O) groups excluding carboxylic acids is 2. The Morgan fingerprint density at radius 3 is 2.50 bits per heavy atom. The number of nitrogens with zero attached hydrogens (tertiary/aromatic N) is 3. The lowest BCUT2D eigenvalue weighted by molar-refractivity contribution is -0.118. The Balaban J connectivity index is 1.79. The number of carbonyl (C=O) groups is 2. The Morgan fingerprint density at radius 1 is 1.13 bits per heavy atom. The lowest BCUT2D eigenvalue weighted by Gasteiger charge is -2.43. The van der Waals surface area contributed by atoms with Gasteiger partial charge in [-0.15, -0.1) is 0 Å². The van der Waals surface area contributed by atoms with E-state index in [4.69, 9.17) is 4.52 Å². The molecular formula is C24H25N3O3.